The van der Waals surface area contributed by atoms with Gasteiger partial charge in [0.05, 0.1) is 30.0 Å². The van der Waals surface area contributed by atoms with E-state index in [2.05, 4.69) is 34.6 Å². The third kappa shape index (κ3) is 4.49. The minimum atomic E-state index is -0.0154. The van der Waals surface area contributed by atoms with E-state index >= 15 is 0 Å². The Balaban J connectivity index is 1.43. The Kier molecular flexibility index (Phi) is 6.21. The molecule has 6 nitrogen and oxygen atoms in total. The van der Waals surface area contributed by atoms with Crippen molar-refractivity contribution >= 4 is 5.91 Å². The first-order valence-electron chi connectivity index (χ1n) is 10.9. The normalized spacial score (nSPS) is 11.0. The van der Waals surface area contributed by atoms with Gasteiger partial charge in [-0.1, -0.05) is 48.5 Å². The number of aromatic nitrogens is 4. The van der Waals surface area contributed by atoms with Crippen molar-refractivity contribution < 1.29 is 4.79 Å². The first-order chi connectivity index (χ1) is 15.4. The van der Waals surface area contributed by atoms with E-state index in [0.29, 0.717) is 13.0 Å². The predicted molar refractivity (Wildman–Crippen MR) is 126 cm³/mol. The van der Waals surface area contributed by atoms with Gasteiger partial charge in [0, 0.05) is 29.1 Å². The molecule has 32 heavy (non-hydrogen) atoms. The van der Waals surface area contributed by atoms with E-state index in [-0.39, 0.29) is 5.91 Å². The molecule has 2 heterocycles. The Hall–Kier alpha value is -3.67. The van der Waals surface area contributed by atoms with Crippen LogP contribution in [0, 0.1) is 27.7 Å². The van der Waals surface area contributed by atoms with Crippen LogP contribution in [-0.2, 0) is 24.3 Å². The Morgan fingerprint density at radius 1 is 0.812 bits per heavy atom. The number of hydrogen-bond acceptors (Lipinski definition) is 3. The topological polar surface area (TPSA) is 64.7 Å². The highest BCUT2D eigenvalue weighted by Gasteiger charge is 2.17. The maximum absolute atomic E-state index is 12.8. The van der Waals surface area contributed by atoms with Crippen molar-refractivity contribution in [3.05, 3.63) is 100 Å². The van der Waals surface area contributed by atoms with Crippen molar-refractivity contribution in [2.45, 2.75) is 47.2 Å². The number of aryl methyl sites for hydroxylation is 2. The first-order valence-corrected chi connectivity index (χ1v) is 10.9. The molecule has 0 aliphatic carbocycles. The summed E-state index contributed by atoms with van der Waals surface area (Å²) in [5, 5.41) is 12.4. The third-order valence-electron chi connectivity index (χ3n) is 5.95. The van der Waals surface area contributed by atoms with Crippen molar-refractivity contribution in [3.8, 4) is 5.69 Å². The minimum Gasteiger partial charge on any atom is -0.352 e. The van der Waals surface area contributed by atoms with Crippen molar-refractivity contribution in [2.24, 2.45) is 0 Å². The highest BCUT2D eigenvalue weighted by Crippen LogP contribution is 2.19. The highest BCUT2D eigenvalue weighted by molar-refractivity contribution is 5.79. The number of nitrogens with zero attached hydrogens (tertiary/aromatic N) is 4. The molecule has 0 unspecified atom stereocenters. The summed E-state index contributed by atoms with van der Waals surface area (Å²) in [7, 11) is 0. The first kappa shape index (κ1) is 21.6. The number of hydrogen-bond donors (Lipinski definition) is 1. The van der Waals surface area contributed by atoms with Gasteiger partial charge in [-0.25, -0.2) is 4.68 Å². The molecule has 2 aromatic carbocycles. The molecule has 0 saturated carbocycles. The van der Waals surface area contributed by atoms with Gasteiger partial charge in [0.25, 0.3) is 0 Å². The minimum absolute atomic E-state index is 0.0154. The van der Waals surface area contributed by atoms with Gasteiger partial charge in [0.2, 0.25) is 5.91 Å². The lowest BCUT2D eigenvalue weighted by Gasteiger charge is -2.08. The molecule has 1 N–H and O–H groups in total. The fourth-order valence-corrected chi connectivity index (χ4v) is 4.06. The molecular weight excluding hydrogens is 398 g/mol. The van der Waals surface area contributed by atoms with Crippen molar-refractivity contribution in [3.63, 3.8) is 0 Å². The molecule has 0 spiro atoms. The monoisotopic (exact) mass is 427 g/mol. The molecule has 4 aromatic rings. The summed E-state index contributed by atoms with van der Waals surface area (Å²) in [4.78, 5) is 12.8. The smallest absolute Gasteiger partial charge is 0.224 e. The molecule has 0 aliphatic heterocycles. The van der Waals surface area contributed by atoms with Gasteiger partial charge in [0.1, 0.15) is 0 Å². The van der Waals surface area contributed by atoms with Gasteiger partial charge in [-0.15, -0.1) is 0 Å². The Morgan fingerprint density at radius 2 is 1.44 bits per heavy atom. The zero-order valence-corrected chi connectivity index (χ0v) is 19.1. The molecule has 0 fully saturated rings. The number of carbonyl (C=O) groups excluding carboxylic acids is 1. The highest BCUT2D eigenvalue weighted by atomic mass is 16.1. The molecule has 4 rings (SSSR count). The fourth-order valence-electron chi connectivity index (χ4n) is 4.06. The summed E-state index contributed by atoms with van der Waals surface area (Å²) in [6.07, 6.45) is 0.306. The molecule has 0 bridgehead atoms. The van der Waals surface area contributed by atoms with Crippen LogP contribution in [0.15, 0.2) is 60.7 Å². The van der Waals surface area contributed by atoms with Gasteiger partial charge >= 0.3 is 0 Å². The zero-order valence-electron chi connectivity index (χ0n) is 19.1. The van der Waals surface area contributed by atoms with Crippen LogP contribution < -0.4 is 5.32 Å². The maximum atomic E-state index is 12.8. The van der Waals surface area contributed by atoms with Crippen molar-refractivity contribution in [1.29, 1.82) is 0 Å². The van der Waals surface area contributed by atoms with Crippen LogP contribution in [0.25, 0.3) is 5.69 Å². The number of amides is 1. The van der Waals surface area contributed by atoms with Crippen LogP contribution in [0.2, 0.25) is 0 Å². The SMILES string of the molecule is Cc1nn(Cc2ccccc2)c(C)c1CNC(=O)Cc1c(C)nn(-c2ccccc2)c1C. The summed E-state index contributed by atoms with van der Waals surface area (Å²) < 4.78 is 3.91. The summed E-state index contributed by atoms with van der Waals surface area (Å²) in [5.41, 5.74) is 8.14. The van der Waals surface area contributed by atoms with E-state index in [4.69, 9.17) is 0 Å². The summed E-state index contributed by atoms with van der Waals surface area (Å²) in [6.45, 7) is 9.21. The average Bonchev–Trinajstić information content (AvgIpc) is 3.23. The lowest BCUT2D eigenvalue weighted by Crippen LogP contribution is -2.25. The van der Waals surface area contributed by atoms with Gasteiger partial charge in [0.15, 0.2) is 0 Å². The molecule has 1 amide bonds. The number of para-hydroxylation sites is 1. The fraction of sp³-hybridized carbons (Fsp3) is 0.269. The Morgan fingerprint density at radius 3 is 2.12 bits per heavy atom. The average molecular weight is 428 g/mol. The van der Waals surface area contributed by atoms with Gasteiger partial charge in [-0.3, -0.25) is 9.48 Å². The standard InChI is InChI=1S/C26H29N5O/c1-18-24(21(4)31(29-18)23-13-9-6-10-14-23)15-26(32)27-16-25-19(2)28-30(20(25)3)17-22-11-7-5-8-12-22/h5-14H,15-17H2,1-4H3,(H,27,32). The van der Waals surface area contributed by atoms with Crippen LogP contribution in [0.3, 0.4) is 0 Å². The van der Waals surface area contributed by atoms with Crippen molar-refractivity contribution in [2.75, 3.05) is 0 Å². The number of carbonyl (C=O) groups is 1. The van der Waals surface area contributed by atoms with E-state index in [1.807, 2.05) is 78.7 Å². The second-order valence-corrected chi connectivity index (χ2v) is 8.14. The molecular formula is C26H29N5O. The van der Waals surface area contributed by atoms with E-state index < -0.39 is 0 Å². The molecule has 0 radical (unpaired) electrons. The van der Waals surface area contributed by atoms with E-state index in [1.165, 1.54) is 5.56 Å². The van der Waals surface area contributed by atoms with E-state index in [9.17, 15) is 4.79 Å². The second-order valence-electron chi connectivity index (χ2n) is 8.14. The number of nitrogens with one attached hydrogen (secondary N) is 1. The number of benzene rings is 2. The molecule has 164 valence electrons. The van der Waals surface area contributed by atoms with E-state index in [1.54, 1.807) is 0 Å². The second kappa shape index (κ2) is 9.22. The maximum Gasteiger partial charge on any atom is 0.224 e. The van der Waals surface area contributed by atoms with Gasteiger partial charge in [-0.2, -0.15) is 10.2 Å². The quantitative estimate of drug-likeness (QED) is 0.481. The zero-order chi connectivity index (χ0) is 22.7. The third-order valence-corrected chi connectivity index (χ3v) is 5.95. The van der Waals surface area contributed by atoms with Gasteiger partial charge in [-0.05, 0) is 45.4 Å². The molecule has 0 saturated heterocycles. The lowest BCUT2D eigenvalue weighted by atomic mass is 10.1. The Bertz CT molecular complexity index is 1220. The molecule has 0 aliphatic rings. The molecule has 0 atom stereocenters. The summed E-state index contributed by atoms with van der Waals surface area (Å²) >= 11 is 0. The number of rotatable bonds is 7. The van der Waals surface area contributed by atoms with Crippen LogP contribution in [0.5, 0.6) is 0 Å². The van der Waals surface area contributed by atoms with Crippen LogP contribution in [0.1, 0.15) is 39.5 Å². The summed E-state index contributed by atoms with van der Waals surface area (Å²) in [6, 6.07) is 20.3. The summed E-state index contributed by atoms with van der Waals surface area (Å²) in [5.74, 6) is -0.0154. The van der Waals surface area contributed by atoms with Crippen molar-refractivity contribution in [1.82, 2.24) is 24.9 Å². The van der Waals surface area contributed by atoms with Crippen LogP contribution in [0.4, 0.5) is 0 Å². The Labute approximate surface area is 188 Å². The van der Waals surface area contributed by atoms with E-state index in [0.717, 1.165) is 46.1 Å². The lowest BCUT2D eigenvalue weighted by molar-refractivity contribution is -0.120. The molecule has 6 heteroatoms. The van der Waals surface area contributed by atoms with Gasteiger partial charge < -0.3 is 5.32 Å². The van der Waals surface area contributed by atoms with Crippen LogP contribution in [-0.4, -0.2) is 25.5 Å². The predicted octanol–water partition coefficient (Wildman–Crippen LogP) is 4.21. The van der Waals surface area contributed by atoms with Crippen LogP contribution >= 0.6 is 0 Å². The molecule has 2 aromatic heterocycles. The largest absolute Gasteiger partial charge is 0.352 e.